The molecule has 0 amide bonds. The van der Waals surface area contributed by atoms with Crippen LogP contribution in [0.15, 0.2) is 45.5 Å². The lowest BCUT2D eigenvalue weighted by atomic mass is 10.1. The molecule has 0 bridgehead atoms. The van der Waals surface area contributed by atoms with E-state index < -0.39 is 0 Å². The molecule has 0 radical (unpaired) electrons. The second-order valence-electron chi connectivity index (χ2n) is 6.29. The number of aromatic nitrogens is 4. The van der Waals surface area contributed by atoms with E-state index in [1.807, 2.05) is 30.3 Å². The molecule has 0 fully saturated rings. The lowest BCUT2D eigenvalue weighted by Crippen LogP contribution is -1.93. The molecular formula is C19H18N4O3. The Balaban J connectivity index is 1.65. The van der Waals surface area contributed by atoms with Crippen molar-refractivity contribution in [2.24, 2.45) is 0 Å². The standard InChI is InChI=1S/C19H18N4O3/c1-11(2)17-14-8-13(10-20-19(14)26-23-17)18-22-21-16(25-18)9-12-6-4-5-7-15(12)24-3/h4-8,10-11H,9H2,1-3H3. The third kappa shape index (κ3) is 2.92. The van der Waals surface area contributed by atoms with Gasteiger partial charge in [0.2, 0.25) is 11.8 Å². The summed E-state index contributed by atoms with van der Waals surface area (Å²) in [5, 5.41) is 13.3. The zero-order valence-electron chi connectivity index (χ0n) is 14.8. The van der Waals surface area contributed by atoms with Crippen LogP contribution in [-0.2, 0) is 6.42 Å². The van der Waals surface area contributed by atoms with E-state index in [-0.39, 0.29) is 5.92 Å². The van der Waals surface area contributed by atoms with Gasteiger partial charge in [-0.1, -0.05) is 37.2 Å². The highest BCUT2D eigenvalue weighted by molar-refractivity contribution is 5.80. The fraction of sp³-hybridized carbons (Fsp3) is 0.263. The molecule has 0 saturated heterocycles. The van der Waals surface area contributed by atoms with Crippen LogP contribution in [0.3, 0.4) is 0 Å². The smallest absolute Gasteiger partial charge is 0.257 e. The second-order valence-corrected chi connectivity index (χ2v) is 6.29. The van der Waals surface area contributed by atoms with Gasteiger partial charge in [0.1, 0.15) is 5.75 Å². The number of benzene rings is 1. The van der Waals surface area contributed by atoms with Crippen LogP contribution in [0.1, 0.15) is 36.9 Å². The maximum atomic E-state index is 5.83. The van der Waals surface area contributed by atoms with E-state index in [1.165, 1.54) is 0 Å². The van der Waals surface area contributed by atoms with Crippen LogP contribution in [0.5, 0.6) is 5.75 Å². The SMILES string of the molecule is COc1ccccc1Cc1nnc(-c2cnc3onc(C(C)C)c3c2)o1. The summed E-state index contributed by atoms with van der Waals surface area (Å²) >= 11 is 0. The van der Waals surface area contributed by atoms with Crippen molar-refractivity contribution >= 4 is 11.1 Å². The van der Waals surface area contributed by atoms with E-state index in [2.05, 4.69) is 34.2 Å². The molecule has 0 atom stereocenters. The molecule has 0 saturated carbocycles. The maximum absolute atomic E-state index is 5.83. The van der Waals surface area contributed by atoms with Crippen molar-refractivity contribution in [3.63, 3.8) is 0 Å². The van der Waals surface area contributed by atoms with E-state index in [9.17, 15) is 0 Å². The van der Waals surface area contributed by atoms with E-state index in [4.69, 9.17) is 13.7 Å². The molecule has 7 nitrogen and oxygen atoms in total. The maximum Gasteiger partial charge on any atom is 0.257 e. The summed E-state index contributed by atoms with van der Waals surface area (Å²) in [6.45, 7) is 4.12. The Morgan fingerprint density at radius 1 is 1.15 bits per heavy atom. The molecule has 1 aromatic carbocycles. The first-order chi connectivity index (χ1) is 12.7. The molecule has 4 rings (SSSR count). The van der Waals surface area contributed by atoms with Crippen molar-refractivity contribution in [2.45, 2.75) is 26.2 Å². The molecule has 26 heavy (non-hydrogen) atoms. The zero-order valence-corrected chi connectivity index (χ0v) is 14.8. The Hall–Kier alpha value is -3.22. The topological polar surface area (TPSA) is 87.1 Å². The average Bonchev–Trinajstić information content (AvgIpc) is 3.28. The van der Waals surface area contributed by atoms with Crippen LogP contribution in [0.4, 0.5) is 0 Å². The van der Waals surface area contributed by atoms with Crippen LogP contribution >= 0.6 is 0 Å². The monoisotopic (exact) mass is 350 g/mol. The Kier molecular flexibility index (Phi) is 4.12. The summed E-state index contributed by atoms with van der Waals surface area (Å²) in [6.07, 6.45) is 2.15. The van der Waals surface area contributed by atoms with Crippen molar-refractivity contribution in [2.75, 3.05) is 7.11 Å². The van der Waals surface area contributed by atoms with Crippen LogP contribution in [0.25, 0.3) is 22.6 Å². The summed E-state index contributed by atoms with van der Waals surface area (Å²) in [7, 11) is 1.64. The first kappa shape index (κ1) is 16.3. The highest BCUT2D eigenvalue weighted by Crippen LogP contribution is 2.28. The Morgan fingerprint density at radius 3 is 2.81 bits per heavy atom. The molecule has 7 heteroatoms. The van der Waals surface area contributed by atoms with Gasteiger partial charge in [0.15, 0.2) is 0 Å². The molecule has 0 aliphatic heterocycles. The molecule has 3 aromatic heterocycles. The third-order valence-corrected chi connectivity index (χ3v) is 4.15. The molecule has 0 aliphatic rings. The lowest BCUT2D eigenvalue weighted by molar-refractivity contribution is 0.408. The van der Waals surface area contributed by atoms with Gasteiger partial charge in [-0.05, 0) is 18.1 Å². The number of para-hydroxylation sites is 1. The largest absolute Gasteiger partial charge is 0.496 e. The molecule has 0 spiro atoms. The molecular weight excluding hydrogens is 332 g/mol. The molecule has 0 unspecified atom stereocenters. The van der Waals surface area contributed by atoms with Gasteiger partial charge in [-0.15, -0.1) is 10.2 Å². The number of nitrogens with zero attached hydrogens (tertiary/aromatic N) is 4. The number of ether oxygens (including phenoxy) is 1. The first-order valence-electron chi connectivity index (χ1n) is 8.35. The van der Waals surface area contributed by atoms with E-state index in [0.717, 1.165) is 28.0 Å². The minimum Gasteiger partial charge on any atom is -0.496 e. The average molecular weight is 350 g/mol. The summed E-state index contributed by atoms with van der Waals surface area (Å²) in [5.41, 5.74) is 3.09. The van der Waals surface area contributed by atoms with Gasteiger partial charge < -0.3 is 13.7 Å². The quantitative estimate of drug-likeness (QED) is 0.537. The van der Waals surface area contributed by atoms with Crippen molar-refractivity contribution in [3.05, 3.63) is 53.7 Å². The van der Waals surface area contributed by atoms with Crippen molar-refractivity contribution in [3.8, 4) is 17.2 Å². The van der Waals surface area contributed by atoms with Gasteiger partial charge in [0, 0.05) is 11.8 Å². The minimum atomic E-state index is 0.233. The Morgan fingerprint density at radius 2 is 2.00 bits per heavy atom. The Labute approximate surface area is 150 Å². The van der Waals surface area contributed by atoms with Gasteiger partial charge in [0.05, 0.1) is 30.2 Å². The fourth-order valence-corrected chi connectivity index (χ4v) is 2.84. The van der Waals surface area contributed by atoms with Gasteiger partial charge in [0.25, 0.3) is 5.71 Å². The van der Waals surface area contributed by atoms with Gasteiger partial charge in [-0.25, -0.2) is 4.98 Å². The summed E-state index contributed by atoms with van der Waals surface area (Å²) in [6, 6.07) is 9.68. The first-order valence-corrected chi connectivity index (χ1v) is 8.35. The van der Waals surface area contributed by atoms with Crippen LogP contribution < -0.4 is 4.74 Å². The zero-order chi connectivity index (χ0) is 18.1. The number of hydrogen-bond acceptors (Lipinski definition) is 7. The van der Waals surface area contributed by atoms with Crippen LogP contribution in [-0.4, -0.2) is 27.4 Å². The normalized spacial score (nSPS) is 11.4. The van der Waals surface area contributed by atoms with E-state index in [1.54, 1.807) is 13.3 Å². The van der Waals surface area contributed by atoms with Crippen LogP contribution in [0.2, 0.25) is 0 Å². The third-order valence-electron chi connectivity index (χ3n) is 4.15. The molecule has 0 N–H and O–H groups in total. The predicted octanol–water partition coefficient (Wildman–Crippen LogP) is 4.00. The Bertz CT molecular complexity index is 1050. The number of fused-ring (bicyclic) bond motifs is 1. The lowest BCUT2D eigenvalue weighted by Gasteiger charge is -2.05. The summed E-state index contributed by atoms with van der Waals surface area (Å²) < 4.78 is 16.5. The van der Waals surface area contributed by atoms with Gasteiger partial charge in [-0.3, -0.25) is 0 Å². The predicted molar refractivity (Wildman–Crippen MR) is 95.0 cm³/mol. The summed E-state index contributed by atoms with van der Waals surface area (Å²) in [5.74, 6) is 1.96. The van der Waals surface area contributed by atoms with Crippen molar-refractivity contribution in [1.82, 2.24) is 20.3 Å². The van der Waals surface area contributed by atoms with E-state index >= 15 is 0 Å². The number of methoxy groups -OCH3 is 1. The van der Waals surface area contributed by atoms with E-state index in [0.29, 0.717) is 23.9 Å². The fourth-order valence-electron chi connectivity index (χ4n) is 2.84. The number of rotatable bonds is 5. The van der Waals surface area contributed by atoms with Crippen molar-refractivity contribution in [1.29, 1.82) is 0 Å². The second kappa shape index (κ2) is 6.59. The minimum absolute atomic E-state index is 0.233. The highest BCUT2D eigenvalue weighted by Gasteiger charge is 2.17. The molecule has 0 aliphatic carbocycles. The highest BCUT2D eigenvalue weighted by atomic mass is 16.5. The molecule has 132 valence electrons. The number of hydrogen-bond donors (Lipinski definition) is 0. The molecule has 3 heterocycles. The van der Waals surface area contributed by atoms with Gasteiger partial charge >= 0.3 is 0 Å². The van der Waals surface area contributed by atoms with Crippen LogP contribution in [0, 0.1) is 0 Å². The molecule has 4 aromatic rings. The number of pyridine rings is 1. The van der Waals surface area contributed by atoms with Gasteiger partial charge in [-0.2, -0.15) is 0 Å². The van der Waals surface area contributed by atoms with Crippen molar-refractivity contribution < 1.29 is 13.7 Å². The summed E-state index contributed by atoms with van der Waals surface area (Å²) in [4.78, 5) is 4.30.